The van der Waals surface area contributed by atoms with Gasteiger partial charge in [0, 0.05) is 12.5 Å². The van der Waals surface area contributed by atoms with Crippen molar-refractivity contribution >= 4 is 24.1 Å². The zero-order valence-electron chi connectivity index (χ0n) is 16.0. The standard InChI is InChI=1S/C17H24FNO8/c1-14(2,3)26-12(24)19(13(25)27-15(4,5)6)17(11(22)23)9-16(17,18)8-7-10(20)21/h7-8H,9H2,1-6H3,(H,20,21)(H,22,23)/t16-,17-/m0/s1. The number of imide groups is 1. The quantitative estimate of drug-likeness (QED) is 0.702. The van der Waals surface area contributed by atoms with E-state index in [9.17, 15) is 24.3 Å². The van der Waals surface area contributed by atoms with Crippen molar-refractivity contribution in [2.45, 2.75) is 70.4 Å². The van der Waals surface area contributed by atoms with Crippen molar-refractivity contribution in [3.8, 4) is 0 Å². The van der Waals surface area contributed by atoms with Gasteiger partial charge in [0.2, 0.25) is 0 Å². The summed E-state index contributed by atoms with van der Waals surface area (Å²) in [5.41, 5.74) is -7.68. The number of rotatable bonds is 4. The number of carboxylic acid groups (broad SMARTS) is 2. The number of carbonyl (C=O) groups is 4. The van der Waals surface area contributed by atoms with E-state index in [4.69, 9.17) is 14.6 Å². The molecule has 2 atom stereocenters. The summed E-state index contributed by atoms with van der Waals surface area (Å²) in [5.74, 6) is -3.35. The molecule has 0 aliphatic heterocycles. The molecule has 0 heterocycles. The van der Waals surface area contributed by atoms with Crippen LogP contribution in [-0.2, 0) is 19.1 Å². The van der Waals surface area contributed by atoms with Crippen LogP contribution >= 0.6 is 0 Å². The number of nitrogens with zero attached hydrogens (tertiary/aromatic N) is 1. The van der Waals surface area contributed by atoms with Gasteiger partial charge >= 0.3 is 24.1 Å². The lowest BCUT2D eigenvalue weighted by atomic mass is 10.1. The molecule has 0 saturated heterocycles. The number of carboxylic acids is 2. The Bertz CT molecular complexity index is 662. The van der Waals surface area contributed by atoms with Crippen molar-refractivity contribution in [1.82, 2.24) is 4.90 Å². The molecule has 1 aliphatic carbocycles. The lowest BCUT2D eigenvalue weighted by Crippen LogP contribution is -2.56. The predicted molar refractivity (Wildman–Crippen MR) is 89.9 cm³/mol. The summed E-state index contributed by atoms with van der Waals surface area (Å²) in [4.78, 5) is 47.7. The molecule has 27 heavy (non-hydrogen) atoms. The topological polar surface area (TPSA) is 130 Å². The zero-order valence-corrected chi connectivity index (χ0v) is 16.0. The van der Waals surface area contributed by atoms with E-state index in [1.165, 1.54) is 41.5 Å². The molecule has 0 aromatic carbocycles. The molecule has 0 aromatic heterocycles. The van der Waals surface area contributed by atoms with Gasteiger partial charge in [-0.25, -0.2) is 23.6 Å². The highest BCUT2D eigenvalue weighted by Gasteiger charge is 2.80. The molecule has 0 bridgehead atoms. The summed E-state index contributed by atoms with van der Waals surface area (Å²) in [7, 11) is 0. The molecule has 1 aliphatic rings. The Labute approximate surface area is 155 Å². The van der Waals surface area contributed by atoms with E-state index < -0.39 is 53.0 Å². The fourth-order valence-corrected chi connectivity index (χ4v) is 2.34. The first kappa shape index (κ1) is 22.4. The van der Waals surface area contributed by atoms with E-state index in [0.717, 1.165) is 0 Å². The van der Waals surface area contributed by atoms with Crippen LogP contribution in [0.4, 0.5) is 14.0 Å². The van der Waals surface area contributed by atoms with Crippen molar-refractivity contribution in [2.24, 2.45) is 0 Å². The minimum atomic E-state index is -2.79. The number of carbonyl (C=O) groups excluding carboxylic acids is 2. The minimum absolute atomic E-state index is 0.0675. The highest BCUT2D eigenvalue weighted by atomic mass is 19.1. The van der Waals surface area contributed by atoms with Gasteiger partial charge in [-0.2, -0.15) is 4.90 Å². The summed E-state index contributed by atoms with van der Waals surface area (Å²) in [6.07, 6.45) is -2.76. The van der Waals surface area contributed by atoms with Crippen LogP contribution < -0.4 is 0 Å². The second-order valence-electron chi connectivity index (χ2n) is 8.17. The second kappa shape index (κ2) is 6.82. The lowest BCUT2D eigenvalue weighted by Gasteiger charge is -2.32. The van der Waals surface area contributed by atoms with Crippen LogP contribution in [0.3, 0.4) is 0 Å². The molecule has 0 spiro atoms. The van der Waals surface area contributed by atoms with E-state index in [1.54, 1.807) is 0 Å². The van der Waals surface area contributed by atoms with Gasteiger partial charge in [0.25, 0.3) is 0 Å². The smallest absolute Gasteiger partial charge is 0.421 e. The maximum absolute atomic E-state index is 15.1. The average Bonchev–Trinajstić information content (AvgIpc) is 3.00. The third kappa shape index (κ3) is 4.95. The Morgan fingerprint density at radius 1 is 0.963 bits per heavy atom. The molecule has 2 N–H and O–H groups in total. The molecule has 1 saturated carbocycles. The number of alkyl halides is 1. The number of hydrogen-bond donors (Lipinski definition) is 2. The monoisotopic (exact) mass is 389 g/mol. The number of hydrogen-bond acceptors (Lipinski definition) is 6. The summed E-state index contributed by atoms with van der Waals surface area (Å²) in [6, 6.07) is 0. The van der Waals surface area contributed by atoms with Crippen molar-refractivity contribution in [1.29, 1.82) is 0 Å². The number of ether oxygens (including phenoxy) is 2. The summed E-state index contributed by atoms with van der Waals surface area (Å²) in [6.45, 7) is 8.87. The normalized spacial score (nSPS) is 25.0. The zero-order chi connectivity index (χ0) is 21.4. The maximum Gasteiger partial charge on any atom is 0.421 e. The molecule has 10 heteroatoms. The van der Waals surface area contributed by atoms with Crippen LogP contribution in [0.1, 0.15) is 48.0 Å². The largest absolute Gasteiger partial charge is 0.479 e. The van der Waals surface area contributed by atoms with Gasteiger partial charge < -0.3 is 19.7 Å². The van der Waals surface area contributed by atoms with E-state index in [2.05, 4.69) is 0 Å². The average molecular weight is 389 g/mol. The van der Waals surface area contributed by atoms with Gasteiger partial charge in [-0.3, -0.25) is 0 Å². The second-order valence-corrected chi connectivity index (χ2v) is 8.17. The predicted octanol–water partition coefficient (Wildman–Crippen LogP) is 2.73. The van der Waals surface area contributed by atoms with Gasteiger partial charge in [-0.15, -0.1) is 0 Å². The number of halogens is 1. The Morgan fingerprint density at radius 3 is 1.67 bits per heavy atom. The van der Waals surface area contributed by atoms with E-state index >= 15 is 4.39 Å². The first-order chi connectivity index (χ1) is 12.0. The summed E-state index contributed by atoms with van der Waals surface area (Å²) >= 11 is 0. The van der Waals surface area contributed by atoms with Crippen LogP contribution in [0.25, 0.3) is 0 Å². The minimum Gasteiger partial charge on any atom is -0.479 e. The van der Waals surface area contributed by atoms with Gasteiger partial charge in [-0.05, 0) is 47.6 Å². The molecule has 0 aromatic rings. The van der Waals surface area contributed by atoms with Crippen molar-refractivity contribution in [3.63, 3.8) is 0 Å². The molecule has 1 rings (SSSR count). The van der Waals surface area contributed by atoms with Crippen molar-refractivity contribution in [3.05, 3.63) is 12.2 Å². The lowest BCUT2D eigenvalue weighted by molar-refractivity contribution is -0.146. The van der Waals surface area contributed by atoms with E-state index in [1.807, 2.05) is 0 Å². The highest BCUT2D eigenvalue weighted by Crippen LogP contribution is 2.57. The van der Waals surface area contributed by atoms with E-state index in [-0.39, 0.29) is 4.90 Å². The molecular weight excluding hydrogens is 365 g/mol. The fourth-order valence-electron chi connectivity index (χ4n) is 2.34. The van der Waals surface area contributed by atoms with Gasteiger partial charge in [0.1, 0.15) is 11.2 Å². The SMILES string of the molecule is CC(C)(C)OC(=O)N(C(=O)OC(C)(C)C)[C@]1(C(=O)O)C[C@@]1(F)C=CC(=O)O. The molecule has 1 fully saturated rings. The van der Waals surface area contributed by atoms with Crippen LogP contribution in [0.15, 0.2) is 12.2 Å². The maximum atomic E-state index is 15.1. The summed E-state index contributed by atoms with van der Waals surface area (Å²) in [5, 5.41) is 18.3. The van der Waals surface area contributed by atoms with Crippen molar-refractivity contribution < 1.29 is 43.3 Å². The van der Waals surface area contributed by atoms with Gasteiger partial charge in [0.15, 0.2) is 11.2 Å². The molecule has 9 nitrogen and oxygen atoms in total. The van der Waals surface area contributed by atoms with Crippen LogP contribution in [0.5, 0.6) is 0 Å². The Kier molecular flexibility index (Phi) is 5.66. The van der Waals surface area contributed by atoms with E-state index in [0.29, 0.717) is 12.2 Å². The van der Waals surface area contributed by atoms with Crippen LogP contribution in [0.2, 0.25) is 0 Å². The summed E-state index contributed by atoms with van der Waals surface area (Å²) < 4.78 is 25.2. The van der Waals surface area contributed by atoms with Crippen LogP contribution in [-0.4, -0.2) is 61.6 Å². The number of aliphatic carboxylic acids is 2. The third-order valence-electron chi connectivity index (χ3n) is 3.45. The molecule has 2 amide bonds. The Morgan fingerprint density at radius 2 is 1.37 bits per heavy atom. The third-order valence-corrected chi connectivity index (χ3v) is 3.45. The van der Waals surface area contributed by atoms with Gasteiger partial charge in [0.05, 0.1) is 0 Å². The molecule has 0 radical (unpaired) electrons. The Hall–Kier alpha value is -2.65. The molecule has 0 unspecified atom stereocenters. The van der Waals surface area contributed by atoms with Gasteiger partial charge in [-0.1, -0.05) is 0 Å². The Balaban J connectivity index is 3.42. The fraction of sp³-hybridized carbons (Fsp3) is 0.647. The van der Waals surface area contributed by atoms with Crippen molar-refractivity contribution in [2.75, 3.05) is 0 Å². The molecule has 152 valence electrons. The first-order valence-corrected chi connectivity index (χ1v) is 8.06. The number of amides is 2. The highest BCUT2D eigenvalue weighted by molar-refractivity contribution is 6.00. The molecular formula is C17H24FNO8. The van der Waals surface area contributed by atoms with Crippen LogP contribution in [0, 0.1) is 0 Å². The first-order valence-electron chi connectivity index (χ1n) is 8.06.